The van der Waals surface area contributed by atoms with Crippen LogP contribution in [0.4, 0.5) is 0 Å². The van der Waals surface area contributed by atoms with E-state index in [1.807, 2.05) is 44.2 Å². The Morgan fingerprint density at radius 3 is 2.28 bits per heavy atom. The van der Waals surface area contributed by atoms with Crippen LogP contribution in [0.25, 0.3) is 0 Å². The summed E-state index contributed by atoms with van der Waals surface area (Å²) in [4.78, 5) is 2.25. The summed E-state index contributed by atoms with van der Waals surface area (Å²) in [5.41, 5.74) is 1.19. The van der Waals surface area contributed by atoms with Gasteiger partial charge in [-0.1, -0.05) is 63.3 Å². The Morgan fingerprint density at radius 2 is 1.75 bits per heavy atom. The monoisotopic (exact) mass is 461 g/mol. The molecule has 0 saturated carbocycles. The minimum Gasteiger partial charge on any atom is -0.414 e. The number of aliphatic hydroxyl groups excluding tert-OH is 1. The first-order valence-electron chi connectivity index (χ1n) is 11.5. The van der Waals surface area contributed by atoms with E-state index in [0.717, 1.165) is 0 Å². The number of nitrogens with zero attached hydrogens (tertiary/aromatic N) is 1. The Morgan fingerprint density at radius 1 is 1.16 bits per heavy atom. The number of benzene rings is 1. The van der Waals surface area contributed by atoms with Crippen LogP contribution in [0.1, 0.15) is 40.2 Å². The van der Waals surface area contributed by atoms with Gasteiger partial charge in [-0.2, -0.15) is 0 Å². The Hall–Kier alpha value is -1.28. The summed E-state index contributed by atoms with van der Waals surface area (Å²) in [6.07, 6.45) is 2.05. The second-order valence-corrected chi connectivity index (χ2v) is 15.4. The Bertz CT molecular complexity index is 744. The van der Waals surface area contributed by atoms with Gasteiger partial charge < -0.3 is 19.0 Å². The molecule has 32 heavy (non-hydrogen) atoms. The van der Waals surface area contributed by atoms with Crippen molar-refractivity contribution in [1.82, 2.24) is 4.90 Å². The number of hydrogen-bond donors (Lipinski definition) is 1. The summed E-state index contributed by atoms with van der Waals surface area (Å²) in [5.74, 6) is -0.804. The molecule has 1 fully saturated rings. The van der Waals surface area contributed by atoms with Gasteiger partial charge in [-0.15, -0.1) is 13.2 Å². The molecule has 0 amide bonds. The predicted octanol–water partition coefficient (Wildman–Crippen LogP) is 5.13. The maximum Gasteiger partial charge on any atom is 0.192 e. The van der Waals surface area contributed by atoms with Gasteiger partial charge in [0, 0.05) is 13.1 Å². The molecule has 2 rings (SSSR count). The van der Waals surface area contributed by atoms with E-state index in [4.69, 9.17) is 13.9 Å². The van der Waals surface area contributed by atoms with E-state index in [-0.39, 0.29) is 23.8 Å². The fourth-order valence-electron chi connectivity index (χ4n) is 3.75. The molecule has 1 aromatic rings. The zero-order valence-electron chi connectivity index (χ0n) is 21.0. The summed E-state index contributed by atoms with van der Waals surface area (Å²) in [5, 5.41) is 11.2. The zero-order chi connectivity index (χ0) is 24.2. The van der Waals surface area contributed by atoms with E-state index in [1.54, 1.807) is 0 Å². The van der Waals surface area contributed by atoms with Gasteiger partial charge in [0.25, 0.3) is 0 Å². The molecule has 1 saturated heterocycles. The van der Waals surface area contributed by atoms with Crippen molar-refractivity contribution in [2.75, 3.05) is 13.2 Å². The van der Waals surface area contributed by atoms with Crippen molar-refractivity contribution in [3.8, 4) is 0 Å². The van der Waals surface area contributed by atoms with Crippen LogP contribution in [-0.4, -0.2) is 61.6 Å². The number of ether oxygens (including phenoxy) is 2. The quantitative estimate of drug-likeness (QED) is 0.366. The van der Waals surface area contributed by atoms with Crippen molar-refractivity contribution >= 4 is 8.32 Å². The van der Waals surface area contributed by atoms with Crippen LogP contribution in [0.3, 0.4) is 0 Å². The molecular weight excluding hydrogens is 418 g/mol. The lowest BCUT2D eigenvalue weighted by Crippen LogP contribution is -2.51. The van der Waals surface area contributed by atoms with Gasteiger partial charge in [-0.05, 0) is 37.5 Å². The van der Waals surface area contributed by atoms with Crippen molar-refractivity contribution in [2.24, 2.45) is 0 Å². The van der Waals surface area contributed by atoms with Crippen molar-refractivity contribution in [2.45, 2.75) is 89.4 Å². The number of aliphatic hydroxyl groups is 1. The fourth-order valence-corrected chi connectivity index (χ4v) is 4.77. The zero-order valence-corrected chi connectivity index (χ0v) is 22.0. The predicted molar refractivity (Wildman–Crippen MR) is 134 cm³/mol. The van der Waals surface area contributed by atoms with E-state index in [0.29, 0.717) is 13.1 Å². The smallest absolute Gasteiger partial charge is 0.192 e. The summed E-state index contributed by atoms with van der Waals surface area (Å²) >= 11 is 0. The van der Waals surface area contributed by atoms with E-state index in [1.165, 1.54) is 5.56 Å². The van der Waals surface area contributed by atoms with Crippen LogP contribution in [-0.2, 0) is 20.4 Å². The number of rotatable bonds is 11. The Balaban J connectivity index is 2.23. The molecule has 0 spiro atoms. The molecule has 1 aliphatic heterocycles. The van der Waals surface area contributed by atoms with Crippen LogP contribution in [0, 0.1) is 0 Å². The lowest BCUT2D eigenvalue weighted by Gasteiger charge is -2.38. The first kappa shape index (κ1) is 27.0. The summed E-state index contributed by atoms with van der Waals surface area (Å²) in [6, 6.07) is 10.1. The normalized spacial score (nSPS) is 23.2. The topological polar surface area (TPSA) is 51.2 Å². The van der Waals surface area contributed by atoms with Crippen molar-refractivity contribution in [3.63, 3.8) is 0 Å². The third-order valence-corrected chi connectivity index (χ3v) is 11.1. The molecule has 5 nitrogen and oxygen atoms in total. The first-order valence-corrected chi connectivity index (χ1v) is 14.4. The Kier molecular flexibility index (Phi) is 9.07. The second-order valence-electron chi connectivity index (χ2n) is 10.6. The molecule has 0 bridgehead atoms. The molecule has 1 heterocycles. The highest BCUT2D eigenvalue weighted by Crippen LogP contribution is 2.38. The molecule has 1 aromatic carbocycles. The van der Waals surface area contributed by atoms with Crippen LogP contribution in [0.15, 0.2) is 55.6 Å². The Labute approximate surface area is 196 Å². The van der Waals surface area contributed by atoms with E-state index < -0.39 is 26.3 Å². The van der Waals surface area contributed by atoms with Gasteiger partial charge in [-0.25, -0.2) is 0 Å². The largest absolute Gasteiger partial charge is 0.414 e. The van der Waals surface area contributed by atoms with Gasteiger partial charge in [0.15, 0.2) is 14.1 Å². The number of hydrogen-bond acceptors (Lipinski definition) is 5. The van der Waals surface area contributed by atoms with Gasteiger partial charge in [0.05, 0.1) is 12.6 Å². The van der Waals surface area contributed by atoms with Crippen LogP contribution in [0.5, 0.6) is 0 Å². The molecule has 1 aliphatic rings. The van der Waals surface area contributed by atoms with Crippen LogP contribution < -0.4 is 0 Å². The average Bonchev–Trinajstić information content (AvgIpc) is 3.02. The highest BCUT2D eigenvalue weighted by molar-refractivity contribution is 6.74. The molecular formula is C26H43NO4Si. The molecule has 6 heteroatoms. The molecule has 0 aromatic heterocycles. The van der Waals surface area contributed by atoms with Gasteiger partial charge in [0.2, 0.25) is 0 Å². The minimum atomic E-state index is -2.00. The standard InChI is InChI=1S/C26H43NO4Si/c1-10-17-27(18-20-15-13-12-14-16-20)21(11-2)23-24(31-26(6,7)30-23)22(28)19-29-32(8,9)25(3,4)5/h10-16,21-24,28H,1-2,17-19H2,3-9H3/t21-,22+,23-,24+/m0/s1. The molecule has 180 valence electrons. The van der Waals surface area contributed by atoms with Gasteiger partial charge in [0.1, 0.15) is 18.3 Å². The maximum absolute atomic E-state index is 11.1. The van der Waals surface area contributed by atoms with E-state index in [9.17, 15) is 5.11 Å². The van der Waals surface area contributed by atoms with Gasteiger partial charge >= 0.3 is 0 Å². The molecule has 1 N–H and O–H groups in total. The lowest BCUT2D eigenvalue weighted by atomic mass is 9.99. The van der Waals surface area contributed by atoms with Crippen molar-refractivity contribution in [1.29, 1.82) is 0 Å². The van der Waals surface area contributed by atoms with E-state index >= 15 is 0 Å². The van der Waals surface area contributed by atoms with Crippen LogP contribution >= 0.6 is 0 Å². The summed E-state index contributed by atoms with van der Waals surface area (Å²) in [6.45, 7) is 24.3. The minimum absolute atomic E-state index is 0.0680. The summed E-state index contributed by atoms with van der Waals surface area (Å²) in [7, 11) is -2.00. The highest BCUT2D eigenvalue weighted by atomic mass is 28.4. The molecule has 0 aliphatic carbocycles. The SMILES string of the molecule is C=CCN(Cc1ccccc1)[C@@H](C=C)[C@@H]1OC(C)(C)O[C@@H]1[C@H](O)CO[Si](C)(C)C(C)(C)C. The van der Waals surface area contributed by atoms with E-state index in [2.05, 4.69) is 64.1 Å². The van der Waals surface area contributed by atoms with Crippen LogP contribution in [0.2, 0.25) is 18.1 Å². The first-order chi connectivity index (χ1) is 14.8. The van der Waals surface area contributed by atoms with Gasteiger partial charge in [-0.3, -0.25) is 4.90 Å². The maximum atomic E-state index is 11.1. The molecule has 0 radical (unpaired) electrons. The van der Waals surface area contributed by atoms with Crippen molar-refractivity contribution in [3.05, 3.63) is 61.2 Å². The highest BCUT2D eigenvalue weighted by Gasteiger charge is 2.49. The summed E-state index contributed by atoms with van der Waals surface area (Å²) < 4.78 is 18.8. The third-order valence-electron chi connectivity index (χ3n) is 6.56. The van der Waals surface area contributed by atoms with Crippen molar-refractivity contribution < 1.29 is 19.0 Å². The lowest BCUT2D eigenvalue weighted by molar-refractivity contribution is -0.159. The molecule has 0 unspecified atom stereocenters. The fraction of sp³-hybridized carbons (Fsp3) is 0.615. The third kappa shape index (κ3) is 6.86. The molecule has 4 atom stereocenters. The average molecular weight is 462 g/mol. The second kappa shape index (κ2) is 10.8.